The summed E-state index contributed by atoms with van der Waals surface area (Å²) in [6.07, 6.45) is 3.01. The highest BCUT2D eigenvalue weighted by Crippen LogP contribution is 2.23. The molecule has 1 rings (SSSR count). The highest BCUT2D eigenvalue weighted by molar-refractivity contribution is 6.31. The van der Waals surface area contributed by atoms with E-state index in [2.05, 4.69) is 26.1 Å². The summed E-state index contributed by atoms with van der Waals surface area (Å²) in [5, 5.41) is 4.17. The van der Waals surface area contributed by atoms with Crippen molar-refractivity contribution in [1.82, 2.24) is 5.32 Å². The van der Waals surface area contributed by atoms with Crippen LogP contribution in [-0.4, -0.2) is 12.6 Å². The Morgan fingerprint density at radius 1 is 1.33 bits per heavy atom. The summed E-state index contributed by atoms with van der Waals surface area (Å²) in [5.41, 5.74) is 0.911. The molecule has 0 spiro atoms. The van der Waals surface area contributed by atoms with Gasteiger partial charge in [-0.1, -0.05) is 31.9 Å². The van der Waals surface area contributed by atoms with E-state index in [1.165, 1.54) is 6.07 Å². The van der Waals surface area contributed by atoms with Gasteiger partial charge in [-0.15, -0.1) is 0 Å². The molecule has 1 aromatic rings. The first-order valence-electron chi connectivity index (χ1n) is 6.75. The normalized spacial score (nSPS) is 14.5. The average Bonchev–Trinajstić information content (AvgIpc) is 2.36. The molecule has 0 bridgehead atoms. The van der Waals surface area contributed by atoms with E-state index in [1.54, 1.807) is 12.1 Å². The van der Waals surface area contributed by atoms with Gasteiger partial charge >= 0.3 is 0 Å². The van der Waals surface area contributed by atoms with Gasteiger partial charge in [0, 0.05) is 11.1 Å². The van der Waals surface area contributed by atoms with Gasteiger partial charge < -0.3 is 5.32 Å². The van der Waals surface area contributed by atoms with Gasteiger partial charge in [-0.05, 0) is 56.0 Å². The zero-order valence-corrected chi connectivity index (χ0v) is 12.2. The lowest BCUT2D eigenvalue weighted by Gasteiger charge is -2.24. The molecule has 0 saturated heterocycles. The maximum Gasteiger partial charge on any atom is 0.123 e. The van der Waals surface area contributed by atoms with Crippen LogP contribution >= 0.6 is 11.6 Å². The van der Waals surface area contributed by atoms with Crippen LogP contribution in [0.2, 0.25) is 5.02 Å². The summed E-state index contributed by atoms with van der Waals surface area (Å²) in [6.45, 7) is 7.54. The summed E-state index contributed by atoms with van der Waals surface area (Å²) in [5.74, 6) is 0.272. The van der Waals surface area contributed by atoms with Crippen molar-refractivity contribution in [3.05, 3.63) is 34.6 Å². The second kappa shape index (κ2) is 7.75. The summed E-state index contributed by atoms with van der Waals surface area (Å²) in [6, 6.07) is 5.03. The van der Waals surface area contributed by atoms with Crippen LogP contribution in [0.4, 0.5) is 4.39 Å². The minimum atomic E-state index is -0.210. The first-order chi connectivity index (χ1) is 8.58. The van der Waals surface area contributed by atoms with Crippen molar-refractivity contribution < 1.29 is 4.39 Å². The zero-order valence-electron chi connectivity index (χ0n) is 11.5. The number of nitrogens with one attached hydrogen (secondary N) is 1. The number of halogens is 2. The van der Waals surface area contributed by atoms with Crippen LogP contribution < -0.4 is 5.32 Å². The highest BCUT2D eigenvalue weighted by Gasteiger charge is 2.17. The van der Waals surface area contributed by atoms with E-state index in [4.69, 9.17) is 11.6 Å². The third kappa shape index (κ3) is 4.58. The average molecular weight is 272 g/mol. The van der Waals surface area contributed by atoms with Crippen LogP contribution in [0.1, 0.15) is 39.2 Å². The molecular formula is C15H23ClFN. The monoisotopic (exact) mass is 271 g/mol. The smallest absolute Gasteiger partial charge is 0.123 e. The zero-order chi connectivity index (χ0) is 13.5. The molecule has 2 unspecified atom stereocenters. The minimum absolute atomic E-state index is 0.210. The van der Waals surface area contributed by atoms with E-state index in [0.29, 0.717) is 17.0 Å². The van der Waals surface area contributed by atoms with E-state index in [-0.39, 0.29) is 5.82 Å². The van der Waals surface area contributed by atoms with Crippen molar-refractivity contribution in [2.24, 2.45) is 5.92 Å². The van der Waals surface area contributed by atoms with Crippen molar-refractivity contribution in [3.63, 3.8) is 0 Å². The van der Waals surface area contributed by atoms with Crippen LogP contribution in [0.15, 0.2) is 18.2 Å². The molecule has 1 nitrogen and oxygen atoms in total. The van der Waals surface area contributed by atoms with Crippen LogP contribution in [0.5, 0.6) is 0 Å². The van der Waals surface area contributed by atoms with Gasteiger partial charge in [0.2, 0.25) is 0 Å². The Morgan fingerprint density at radius 2 is 2.06 bits per heavy atom. The summed E-state index contributed by atoms with van der Waals surface area (Å²) < 4.78 is 13.2. The largest absolute Gasteiger partial charge is 0.314 e. The van der Waals surface area contributed by atoms with Gasteiger partial charge in [-0.2, -0.15) is 0 Å². The SMILES string of the molecule is CCCNC(C)C(CC)Cc1cc(F)ccc1Cl. The predicted octanol–water partition coefficient (Wildman–Crippen LogP) is 4.44. The van der Waals surface area contributed by atoms with Crippen LogP contribution in [-0.2, 0) is 6.42 Å². The third-order valence-corrected chi connectivity index (χ3v) is 3.81. The molecule has 1 N–H and O–H groups in total. The van der Waals surface area contributed by atoms with Crippen LogP contribution in [0, 0.1) is 11.7 Å². The lowest BCUT2D eigenvalue weighted by Crippen LogP contribution is -2.34. The molecule has 3 heteroatoms. The van der Waals surface area contributed by atoms with E-state index in [0.717, 1.165) is 31.4 Å². The molecule has 0 aliphatic carbocycles. The maximum atomic E-state index is 13.2. The Labute approximate surface area is 115 Å². The molecule has 0 saturated carbocycles. The summed E-state index contributed by atoms with van der Waals surface area (Å²) >= 11 is 6.12. The van der Waals surface area contributed by atoms with Gasteiger partial charge in [0.25, 0.3) is 0 Å². The number of hydrogen-bond donors (Lipinski definition) is 1. The number of hydrogen-bond acceptors (Lipinski definition) is 1. The number of benzene rings is 1. The fourth-order valence-corrected chi connectivity index (χ4v) is 2.39. The van der Waals surface area contributed by atoms with Crippen molar-refractivity contribution in [2.75, 3.05) is 6.54 Å². The van der Waals surface area contributed by atoms with Crippen molar-refractivity contribution >= 4 is 11.6 Å². The molecule has 102 valence electrons. The van der Waals surface area contributed by atoms with Gasteiger partial charge in [0.1, 0.15) is 5.82 Å². The molecule has 2 atom stereocenters. The van der Waals surface area contributed by atoms with E-state index in [9.17, 15) is 4.39 Å². The fraction of sp³-hybridized carbons (Fsp3) is 0.600. The molecule has 0 heterocycles. The fourth-order valence-electron chi connectivity index (χ4n) is 2.20. The molecular weight excluding hydrogens is 249 g/mol. The molecule has 1 aromatic carbocycles. The molecule has 0 aliphatic heterocycles. The Hall–Kier alpha value is -0.600. The lowest BCUT2D eigenvalue weighted by molar-refractivity contribution is 0.362. The first-order valence-corrected chi connectivity index (χ1v) is 7.13. The molecule has 0 aliphatic rings. The predicted molar refractivity (Wildman–Crippen MR) is 76.7 cm³/mol. The van der Waals surface area contributed by atoms with Crippen molar-refractivity contribution in [2.45, 2.75) is 46.1 Å². The quantitative estimate of drug-likeness (QED) is 0.773. The van der Waals surface area contributed by atoms with E-state index >= 15 is 0 Å². The second-order valence-electron chi connectivity index (χ2n) is 4.85. The summed E-state index contributed by atoms with van der Waals surface area (Å²) in [4.78, 5) is 0. The highest BCUT2D eigenvalue weighted by atomic mass is 35.5. The Kier molecular flexibility index (Phi) is 6.66. The molecule has 0 radical (unpaired) electrons. The van der Waals surface area contributed by atoms with Crippen molar-refractivity contribution in [3.8, 4) is 0 Å². The molecule has 0 amide bonds. The van der Waals surface area contributed by atoms with Crippen LogP contribution in [0.25, 0.3) is 0 Å². The van der Waals surface area contributed by atoms with Gasteiger partial charge in [-0.3, -0.25) is 0 Å². The van der Waals surface area contributed by atoms with Gasteiger partial charge in [-0.25, -0.2) is 4.39 Å². The van der Waals surface area contributed by atoms with Crippen LogP contribution in [0.3, 0.4) is 0 Å². The second-order valence-corrected chi connectivity index (χ2v) is 5.26. The van der Waals surface area contributed by atoms with E-state index in [1.807, 2.05) is 0 Å². The Balaban J connectivity index is 2.69. The number of rotatable bonds is 7. The minimum Gasteiger partial charge on any atom is -0.314 e. The Bertz CT molecular complexity index is 368. The summed E-state index contributed by atoms with van der Waals surface area (Å²) in [7, 11) is 0. The lowest BCUT2D eigenvalue weighted by atomic mass is 9.90. The third-order valence-electron chi connectivity index (χ3n) is 3.44. The standard InChI is InChI=1S/C15H23ClFN/c1-4-8-18-11(3)12(5-2)9-13-10-14(17)6-7-15(13)16/h6-7,10-12,18H,4-5,8-9H2,1-3H3. The topological polar surface area (TPSA) is 12.0 Å². The molecule has 0 fully saturated rings. The molecule has 18 heavy (non-hydrogen) atoms. The van der Waals surface area contributed by atoms with Gasteiger partial charge in [0.15, 0.2) is 0 Å². The van der Waals surface area contributed by atoms with Gasteiger partial charge in [0.05, 0.1) is 0 Å². The molecule has 0 aromatic heterocycles. The van der Waals surface area contributed by atoms with E-state index < -0.39 is 0 Å². The Morgan fingerprint density at radius 3 is 2.67 bits per heavy atom. The maximum absolute atomic E-state index is 13.2. The van der Waals surface area contributed by atoms with Crippen molar-refractivity contribution in [1.29, 1.82) is 0 Å². The first kappa shape index (κ1) is 15.5.